The number of aromatic nitrogens is 18. The smallest absolute Gasteiger partial charge is 0.258 e. The van der Waals surface area contributed by atoms with Gasteiger partial charge in [-0.25, -0.2) is 9.97 Å². The van der Waals surface area contributed by atoms with Crippen LogP contribution in [-0.2, 0) is 0 Å². The van der Waals surface area contributed by atoms with Crippen LogP contribution < -0.4 is 11.5 Å². The standard InChI is InChI=1S/2C16H15N3O.C15H14N4O.C15H13N3O.C14H12N4O.C14H11N3O/c1-10-6-14(9-17-8-10)15-18-16(20-19-15)13-5-4-11(2)12(3)7-13;1-10-4-5-13(8-11(10)2)16-18-15(19-20-16)14-6-7-17-9-12(14)3;1-9-3-4-12(7-10(9)2)15-18-14(19-20-15)11-5-6-17-13(16)8-11;1-10-4-3-5-12(6-10)15-17-14(18-19-15)13-7-11(2)8-16-9-13;1-9-3-2-4-11(7-9)14-17-13(18-19-14)10-5-6-16-12(15)8-10;1-10-4-2-5-11(8-10)14-16-13(17-18-14)12-6-3-7-15-9-12/h2*4-9H,1-3H3;3-8H,1-2H3,(H2,16,17);3-9H,1-2H3;2-8H,1H3,(H2,15,16);2-9H,1H3. The zero-order chi connectivity index (χ0) is 81.2. The number of anilines is 2. The minimum atomic E-state index is 0.430. The molecule has 0 atom stereocenters. The lowest BCUT2D eigenvalue weighted by Crippen LogP contribution is -1.90. The van der Waals surface area contributed by atoms with Gasteiger partial charge in [0.15, 0.2) is 0 Å². The van der Waals surface area contributed by atoms with Gasteiger partial charge in [0.05, 0.1) is 0 Å². The topological polar surface area (TPSA) is 363 Å². The highest BCUT2D eigenvalue weighted by molar-refractivity contribution is 5.68. The van der Waals surface area contributed by atoms with Gasteiger partial charge in [0.2, 0.25) is 34.9 Å². The summed E-state index contributed by atoms with van der Waals surface area (Å²) in [6.45, 7) is 24.5. The highest BCUT2D eigenvalue weighted by atomic mass is 16.5. The van der Waals surface area contributed by atoms with E-state index in [0.29, 0.717) is 81.9 Å². The fraction of sp³-hybridized carbons (Fsp3) is 0.133. The summed E-state index contributed by atoms with van der Waals surface area (Å²) in [6, 6.07) is 58.8. The molecule has 0 aliphatic rings. The van der Waals surface area contributed by atoms with Gasteiger partial charge in [-0.2, -0.15) is 29.9 Å². The SMILES string of the molecule is Cc1ccc(-c2nc(-c3ccnc(N)c3)no2)cc1C.Cc1ccc(-c2nc(-c3ccncc3C)no2)cc1C.Cc1cccc(-c2nc(-c3cccnc3)no2)c1.Cc1cccc(-c2nc(-c3ccnc(N)c3)no2)c1.Cc1cncc(-c2noc(-c3ccc(C)c(C)c3)n2)c1.Cc1cncc(-c2noc(-c3cccc(C)c3)n2)c1. The molecule has 26 nitrogen and oxygen atoms in total. The van der Waals surface area contributed by atoms with Crippen LogP contribution >= 0.6 is 0 Å². The summed E-state index contributed by atoms with van der Waals surface area (Å²) < 4.78 is 31.9. The van der Waals surface area contributed by atoms with Gasteiger partial charge in [-0.3, -0.25) is 19.9 Å². The first-order chi connectivity index (χ1) is 56.2. The van der Waals surface area contributed by atoms with Crippen molar-refractivity contribution in [2.24, 2.45) is 0 Å². The molecular weight excluding hydrogens is 1460 g/mol. The van der Waals surface area contributed by atoms with Crippen molar-refractivity contribution >= 4 is 11.6 Å². The Morgan fingerprint density at radius 3 is 0.871 bits per heavy atom. The molecule has 0 radical (unpaired) electrons. The molecule has 0 fully saturated rings. The van der Waals surface area contributed by atoms with Gasteiger partial charge >= 0.3 is 0 Å². The monoisotopic (exact) mass is 1540 g/mol. The number of nitrogens with two attached hydrogens (primary N) is 2. The van der Waals surface area contributed by atoms with Crippen molar-refractivity contribution in [3.63, 3.8) is 0 Å². The predicted octanol–water partition coefficient (Wildman–Crippen LogP) is 19.7. The lowest BCUT2D eigenvalue weighted by Gasteiger charge is -2.00. The number of rotatable bonds is 12. The normalized spacial score (nSPS) is 10.7. The molecule has 0 unspecified atom stereocenters. The van der Waals surface area contributed by atoms with E-state index in [1.165, 1.54) is 33.4 Å². The number of nitrogens with zero attached hydrogens (tertiary/aromatic N) is 18. The van der Waals surface area contributed by atoms with E-state index in [1.54, 1.807) is 86.2 Å². The fourth-order valence-corrected chi connectivity index (χ4v) is 11.4. The van der Waals surface area contributed by atoms with Gasteiger partial charge in [-0.1, -0.05) is 102 Å². The third-order valence-electron chi connectivity index (χ3n) is 18.1. The summed E-state index contributed by atoms with van der Waals surface area (Å²) >= 11 is 0. The fourth-order valence-electron chi connectivity index (χ4n) is 11.4. The number of pyridine rings is 6. The molecule has 12 aromatic heterocycles. The molecular formula is C90H80N20O6. The molecule has 0 amide bonds. The molecule has 12 heterocycles. The predicted molar refractivity (Wildman–Crippen MR) is 443 cm³/mol. The Balaban J connectivity index is 0.000000121. The summed E-state index contributed by atoms with van der Waals surface area (Å²) in [5.41, 5.74) is 35.9. The lowest BCUT2D eigenvalue weighted by molar-refractivity contribution is 0.432. The van der Waals surface area contributed by atoms with E-state index < -0.39 is 0 Å². The van der Waals surface area contributed by atoms with Crippen LogP contribution in [0.2, 0.25) is 0 Å². The molecule has 0 aliphatic carbocycles. The summed E-state index contributed by atoms with van der Waals surface area (Å²) in [4.78, 5) is 50.7. The van der Waals surface area contributed by atoms with Gasteiger partial charge in [0.1, 0.15) is 11.6 Å². The Bertz CT molecular complexity index is 5990. The second-order valence-corrected chi connectivity index (χ2v) is 27.4. The van der Waals surface area contributed by atoms with Crippen molar-refractivity contribution in [2.75, 3.05) is 11.5 Å². The van der Waals surface area contributed by atoms with Crippen molar-refractivity contribution in [1.29, 1.82) is 0 Å². The summed E-state index contributed by atoms with van der Waals surface area (Å²) in [5, 5.41) is 24.0. The third-order valence-corrected chi connectivity index (χ3v) is 18.1. The van der Waals surface area contributed by atoms with E-state index in [-0.39, 0.29) is 0 Å². The molecule has 0 saturated heterocycles. The quantitative estimate of drug-likeness (QED) is 0.115. The molecule has 0 bridgehead atoms. The van der Waals surface area contributed by atoms with Crippen LogP contribution in [0.4, 0.5) is 11.6 Å². The van der Waals surface area contributed by atoms with E-state index in [2.05, 4.69) is 157 Å². The van der Waals surface area contributed by atoms with E-state index in [9.17, 15) is 0 Å². The third kappa shape index (κ3) is 20.4. The summed E-state index contributed by atoms with van der Waals surface area (Å²) in [5.74, 6) is 7.27. The second kappa shape index (κ2) is 36.7. The maximum Gasteiger partial charge on any atom is 0.258 e. The van der Waals surface area contributed by atoms with Crippen LogP contribution in [-0.4, -0.2) is 90.7 Å². The average molecular weight is 1540 g/mol. The van der Waals surface area contributed by atoms with E-state index in [0.717, 1.165) is 100 Å². The first-order valence-corrected chi connectivity index (χ1v) is 36.7. The van der Waals surface area contributed by atoms with Crippen LogP contribution in [0.25, 0.3) is 137 Å². The Morgan fingerprint density at radius 2 is 0.534 bits per heavy atom. The van der Waals surface area contributed by atoms with Gasteiger partial charge < -0.3 is 38.6 Å². The molecule has 18 aromatic rings. The van der Waals surface area contributed by atoms with Crippen molar-refractivity contribution < 1.29 is 27.1 Å². The van der Waals surface area contributed by atoms with Gasteiger partial charge in [-0.05, 0) is 261 Å². The first kappa shape index (κ1) is 78.8. The van der Waals surface area contributed by atoms with Crippen molar-refractivity contribution in [3.8, 4) is 137 Å². The van der Waals surface area contributed by atoms with E-state index in [4.69, 9.17) is 38.6 Å². The Kier molecular flexibility index (Phi) is 24.9. The average Bonchev–Trinajstić information content (AvgIpc) is 2.28. The number of aryl methyl sites for hydroxylation is 12. The van der Waals surface area contributed by atoms with Crippen LogP contribution in [0.15, 0.2) is 271 Å². The van der Waals surface area contributed by atoms with E-state index >= 15 is 0 Å². The van der Waals surface area contributed by atoms with E-state index in [1.807, 2.05) is 175 Å². The highest BCUT2D eigenvalue weighted by Crippen LogP contribution is 2.31. The first-order valence-electron chi connectivity index (χ1n) is 36.7. The van der Waals surface area contributed by atoms with Crippen LogP contribution in [0.1, 0.15) is 66.8 Å². The zero-order valence-corrected chi connectivity index (χ0v) is 65.7. The largest absolute Gasteiger partial charge is 0.384 e. The van der Waals surface area contributed by atoms with Gasteiger partial charge in [0, 0.05) is 129 Å². The maximum atomic E-state index is 5.65. The summed E-state index contributed by atoms with van der Waals surface area (Å²) in [7, 11) is 0. The van der Waals surface area contributed by atoms with Crippen molar-refractivity contribution in [1.82, 2.24) is 90.7 Å². The van der Waals surface area contributed by atoms with Gasteiger partial charge in [-0.15, -0.1) is 0 Å². The number of benzene rings is 6. The molecule has 576 valence electrons. The highest BCUT2D eigenvalue weighted by Gasteiger charge is 2.19. The summed E-state index contributed by atoms with van der Waals surface area (Å²) in [6.07, 6.45) is 17.3. The molecule has 0 saturated carbocycles. The molecule has 4 N–H and O–H groups in total. The Hall–Kier alpha value is -15.3. The molecule has 0 spiro atoms. The number of hydrogen-bond acceptors (Lipinski definition) is 26. The van der Waals surface area contributed by atoms with Crippen LogP contribution in [0, 0.1) is 83.1 Å². The molecule has 18 rings (SSSR count). The minimum Gasteiger partial charge on any atom is -0.384 e. The molecule has 116 heavy (non-hydrogen) atoms. The van der Waals surface area contributed by atoms with Gasteiger partial charge in [0.25, 0.3) is 35.3 Å². The van der Waals surface area contributed by atoms with Crippen molar-refractivity contribution in [3.05, 3.63) is 311 Å². The number of hydrogen-bond donors (Lipinski definition) is 2. The Labute approximate surface area is 668 Å². The van der Waals surface area contributed by atoms with Crippen LogP contribution in [0.3, 0.4) is 0 Å². The zero-order valence-electron chi connectivity index (χ0n) is 65.7. The second-order valence-electron chi connectivity index (χ2n) is 27.4. The maximum absolute atomic E-state index is 5.65. The van der Waals surface area contributed by atoms with Crippen LogP contribution in [0.5, 0.6) is 0 Å². The molecule has 6 aromatic carbocycles. The lowest BCUT2D eigenvalue weighted by atomic mass is 10.1. The molecule has 26 heteroatoms. The molecule has 0 aliphatic heterocycles. The number of nitrogen functional groups attached to an aromatic ring is 2. The van der Waals surface area contributed by atoms with Crippen molar-refractivity contribution in [2.45, 2.75) is 83.1 Å². The minimum absolute atomic E-state index is 0.430. The Morgan fingerprint density at radius 1 is 0.216 bits per heavy atom.